The second-order valence-corrected chi connectivity index (χ2v) is 10.5. The van der Waals surface area contributed by atoms with Crippen LogP contribution in [0.25, 0.3) is 10.9 Å². The molecule has 0 radical (unpaired) electrons. The minimum Gasteiger partial charge on any atom is -0.480 e. The monoisotopic (exact) mass is 558 g/mol. The number of amides is 3. The molecule has 4 atom stereocenters. The second kappa shape index (κ2) is 14.9. The maximum Gasteiger partial charge on any atom is 0.326 e. The Morgan fingerprint density at radius 2 is 1.55 bits per heavy atom. The quantitative estimate of drug-likeness (QED) is 0.0836. The molecule has 220 valence electrons. The number of fused-ring (bicyclic) bond motifs is 1. The first-order chi connectivity index (χ1) is 18.8. The van der Waals surface area contributed by atoms with E-state index >= 15 is 0 Å². The number of nitrogens with zero attached hydrogens (tertiary/aromatic N) is 1. The van der Waals surface area contributed by atoms with Crippen LogP contribution in [0.15, 0.2) is 35.5 Å². The first-order valence-electron chi connectivity index (χ1n) is 13.3. The number of para-hydroxylation sites is 1. The lowest BCUT2D eigenvalue weighted by Crippen LogP contribution is -2.59. The number of guanidine groups is 1. The lowest BCUT2D eigenvalue weighted by molar-refractivity contribution is -0.143. The molecule has 4 unspecified atom stereocenters. The Labute approximate surface area is 233 Å². The Kier molecular flexibility index (Phi) is 11.9. The number of carbonyl (C=O) groups is 4. The molecule has 0 saturated carbocycles. The maximum absolute atomic E-state index is 13.3. The van der Waals surface area contributed by atoms with E-state index in [9.17, 15) is 24.3 Å². The van der Waals surface area contributed by atoms with E-state index < -0.39 is 47.9 Å². The molecule has 0 fully saturated rings. The average Bonchev–Trinajstić information content (AvgIpc) is 3.28. The second-order valence-electron chi connectivity index (χ2n) is 10.5. The number of aromatic amines is 1. The molecule has 1 heterocycles. The van der Waals surface area contributed by atoms with Crippen LogP contribution in [0.4, 0.5) is 0 Å². The third-order valence-electron chi connectivity index (χ3n) is 6.51. The zero-order valence-corrected chi connectivity index (χ0v) is 23.4. The predicted octanol–water partition coefficient (Wildman–Crippen LogP) is -0.0577. The number of carboxylic acids is 1. The minimum absolute atomic E-state index is 0.109. The molecule has 3 amide bonds. The highest BCUT2D eigenvalue weighted by Gasteiger charge is 2.32. The van der Waals surface area contributed by atoms with Crippen LogP contribution in [0.2, 0.25) is 0 Å². The van der Waals surface area contributed by atoms with Gasteiger partial charge >= 0.3 is 5.97 Å². The number of carbonyl (C=O) groups excluding carboxylic acids is 3. The normalized spacial score (nSPS) is 14.3. The Bertz CT molecular complexity index is 1200. The van der Waals surface area contributed by atoms with Crippen LogP contribution in [0, 0.1) is 11.8 Å². The van der Waals surface area contributed by atoms with Gasteiger partial charge in [-0.3, -0.25) is 19.4 Å². The highest BCUT2D eigenvalue weighted by atomic mass is 16.4. The minimum atomic E-state index is -1.19. The summed E-state index contributed by atoms with van der Waals surface area (Å²) in [6.07, 6.45) is 2.53. The van der Waals surface area contributed by atoms with Gasteiger partial charge in [0, 0.05) is 23.6 Å². The van der Waals surface area contributed by atoms with Crippen molar-refractivity contribution in [2.24, 2.45) is 34.0 Å². The zero-order chi connectivity index (χ0) is 30.0. The third kappa shape index (κ3) is 9.26. The summed E-state index contributed by atoms with van der Waals surface area (Å²) in [5.74, 6) is -3.80. The number of hydrogen-bond acceptors (Lipinski definition) is 6. The Hall–Kier alpha value is -4.13. The number of aliphatic imine (C=N–C) groups is 1. The molecule has 0 aliphatic heterocycles. The van der Waals surface area contributed by atoms with Gasteiger partial charge in [0.2, 0.25) is 17.7 Å². The zero-order valence-electron chi connectivity index (χ0n) is 23.4. The largest absolute Gasteiger partial charge is 0.480 e. The average molecular weight is 559 g/mol. The van der Waals surface area contributed by atoms with Crippen molar-refractivity contribution < 1.29 is 24.3 Å². The van der Waals surface area contributed by atoms with Crippen LogP contribution >= 0.6 is 0 Å². The van der Waals surface area contributed by atoms with Crippen molar-refractivity contribution in [2.45, 2.75) is 71.1 Å². The number of benzene rings is 1. The SMILES string of the molecule is CC(C)C(NC(=O)C(CCCN=C(N)N)NC(=O)C(NC(=O)C(N)Cc1c[nH]c2ccccc12)C(C)C)C(=O)O. The van der Waals surface area contributed by atoms with Crippen molar-refractivity contribution in [3.8, 4) is 0 Å². The standard InChI is InChI=1S/C27H42N8O5/c1-14(2)21(34-23(36)18(28)12-16-13-32-19-9-6-5-8-17(16)19)25(38)33-20(10-7-11-31-27(29)30)24(37)35-22(15(3)4)26(39)40/h5-6,8-9,13-15,18,20-22,32H,7,10-12,28H2,1-4H3,(H,33,38)(H,34,36)(H,35,37)(H,39,40)(H4,29,30,31). The number of nitrogens with two attached hydrogens (primary N) is 3. The van der Waals surface area contributed by atoms with Gasteiger partial charge < -0.3 is 43.2 Å². The van der Waals surface area contributed by atoms with E-state index in [0.717, 1.165) is 16.5 Å². The summed E-state index contributed by atoms with van der Waals surface area (Å²) in [5.41, 5.74) is 18.7. The van der Waals surface area contributed by atoms with Gasteiger partial charge in [-0.2, -0.15) is 0 Å². The van der Waals surface area contributed by atoms with Gasteiger partial charge in [-0.05, 0) is 42.7 Å². The van der Waals surface area contributed by atoms with Crippen LogP contribution in [0.1, 0.15) is 46.1 Å². The summed E-state index contributed by atoms with van der Waals surface area (Å²) in [6, 6.07) is 3.52. The maximum atomic E-state index is 13.3. The molecule has 0 aliphatic carbocycles. The fraction of sp³-hybridized carbons (Fsp3) is 0.519. The molecule has 13 heteroatoms. The van der Waals surface area contributed by atoms with Crippen molar-refractivity contribution in [2.75, 3.05) is 6.54 Å². The van der Waals surface area contributed by atoms with E-state index in [1.54, 1.807) is 33.9 Å². The summed E-state index contributed by atoms with van der Waals surface area (Å²) in [6.45, 7) is 7.04. The molecule has 1 aromatic heterocycles. The molecule has 2 rings (SSSR count). The molecule has 0 aliphatic rings. The van der Waals surface area contributed by atoms with E-state index in [1.165, 1.54) is 0 Å². The number of H-pyrrole nitrogens is 1. The highest BCUT2D eigenvalue weighted by molar-refractivity contribution is 5.94. The molecule has 2 aromatic rings. The molecular weight excluding hydrogens is 516 g/mol. The summed E-state index contributed by atoms with van der Waals surface area (Å²) in [4.78, 5) is 58.0. The first kappa shape index (κ1) is 32.1. The Balaban J connectivity index is 2.13. The van der Waals surface area contributed by atoms with Crippen molar-refractivity contribution in [1.29, 1.82) is 0 Å². The van der Waals surface area contributed by atoms with Crippen molar-refractivity contribution >= 4 is 40.6 Å². The lowest BCUT2D eigenvalue weighted by Gasteiger charge is -2.27. The molecular formula is C27H42N8O5. The van der Waals surface area contributed by atoms with Gasteiger partial charge in [0.25, 0.3) is 0 Å². The number of hydrogen-bond donors (Lipinski definition) is 8. The third-order valence-corrected chi connectivity index (χ3v) is 6.51. The van der Waals surface area contributed by atoms with Gasteiger partial charge in [0.05, 0.1) is 6.04 Å². The van der Waals surface area contributed by atoms with Crippen LogP contribution in [-0.4, -0.2) is 70.5 Å². The Morgan fingerprint density at radius 1 is 0.925 bits per heavy atom. The van der Waals surface area contributed by atoms with Gasteiger partial charge in [0.15, 0.2) is 5.96 Å². The Morgan fingerprint density at radius 3 is 2.15 bits per heavy atom. The van der Waals surface area contributed by atoms with Crippen molar-refractivity contribution in [3.63, 3.8) is 0 Å². The molecule has 1 aromatic carbocycles. The highest BCUT2D eigenvalue weighted by Crippen LogP contribution is 2.19. The lowest BCUT2D eigenvalue weighted by atomic mass is 10.00. The number of nitrogens with one attached hydrogen (secondary N) is 4. The number of aliphatic carboxylic acids is 1. The topological polar surface area (TPSA) is 231 Å². The fourth-order valence-corrected chi connectivity index (χ4v) is 4.23. The van der Waals surface area contributed by atoms with Crippen LogP contribution in [-0.2, 0) is 25.6 Å². The molecule has 11 N–H and O–H groups in total. The first-order valence-corrected chi connectivity index (χ1v) is 13.3. The van der Waals surface area contributed by atoms with Crippen LogP contribution in [0.5, 0.6) is 0 Å². The predicted molar refractivity (Wildman–Crippen MR) is 153 cm³/mol. The van der Waals surface area contributed by atoms with E-state index in [-0.39, 0.29) is 37.2 Å². The number of aromatic nitrogens is 1. The van der Waals surface area contributed by atoms with E-state index in [4.69, 9.17) is 17.2 Å². The van der Waals surface area contributed by atoms with Crippen molar-refractivity contribution in [1.82, 2.24) is 20.9 Å². The molecule has 0 bridgehead atoms. The van der Waals surface area contributed by atoms with E-state index in [1.807, 2.05) is 24.3 Å². The van der Waals surface area contributed by atoms with E-state index in [2.05, 4.69) is 25.9 Å². The summed E-state index contributed by atoms with van der Waals surface area (Å²) < 4.78 is 0. The van der Waals surface area contributed by atoms with Crippen molar-refractivity contribution in [3.05, 3.63) is 36.0 Å². The van der Waals surface area contributed by atoms with Gasteiger partial charge in [-0.15, -0.1) is 0 Å². The molecule has 0 saturated heterocycles. The van der Waals surface area contributed by atoms with Gasteiger partial charge in [-0.1, -0.05) is 45.9 Å². The number of carboxylic acid groups (broad SMARTS) is 1. The molecule has 40 heavy (non-hydrogen) atoms. The smallest absolute Gasteiger partial charge is 0.326 e. The molecule has 13 nitrogen and oxygen atoms in total. The van der Waals surface area contributed by atoms with Crippen LogP contribution in [0.3, 0.4) is 0 Å². The molecule has 0 spiro atoms. The van der Waals surface area contributed by atoms with E-state index in [0.29, 0.717) is 6.42 Å². The summed E-state index contributed by atoms with van der Waals surface area (Å²) >= 11 is 0. The summed E-state index contributed by atoms with van der Waals surface area (Å²) in [7, 11) is 0. The number of rotatable bonds is 15. The van der Waals surface area contributed by atoms with Gasteiger partial charge in [-0.25, -0.2) is 4.79 Å². The van der Waals surface area contributed by atoms with Crippen LogP contribution < -0.4 is 33.2 Å². The van der Waals surface area contributed by atoms with Gasteiger partial charge in [0.1, 0.15) is 18.1 Å². The summed E-state index contributed by atoms with van der Waals surface area (Å²) in [5, 5.41) is 18.3. The fourth-order valence-electron chi connectivity index (χ4n) is 4.23.